The second-order valence-corrected chi connectivity index (χ2v) is 12.0. The molecule has 2 saturated heterocycles. The summed E-state index contributed by atoms with van der Waals surface area (Å²) in [6, 6.07) is 22.8. The number of benzene rings is 3. The molecule has 2 fully saturated rings. The topological polar surface area (TPSA) is 122 Å². The van der Waals surface area contributed by atoms with Gasteiger partial charge in [-0.1, -0.05) is 74.5 Å². The van der Waals surface area contributed by atoms with Gasteiger partial charge < -0.3 is 19.7 Å². The molecule has 244 valence electrons. The number of nitrogens with one attached hydrogen (secondary N) is 1. The van der Waals surface area contributed by atoms with Crippen molar-refractivity contribution >= 4 is 35.2 Å². The van der Waals surface area contributed by atoms with Gasteiger partial charge in [0.05, 0.1) is 18.7 Å². The second-order valence-electron chi connectivity index (χ2n) is 12.0. The third-order valence-corrected chi connectivity index (χ3v) is 8.65. The van der Waals surface area contributed by atoms with Crippen LogP contribution in [0.4, 0.5) is 5.69 Å². The van der Waals surface area contributed by atoms with Crippen molar-refractivity contribution in [3.05, 3.63) is 107 Å². The molecule has 5 rings (SSSR count). The Kier molecular flexibility index (Phi) is 10.2. The van der Waals surface area contributed by atoms with Crippen LogP contribution in [0.2, 0.25) is 0 Å². The van der Waals surface area contributed by atoms with E-state index >= 15 is 0 Å². The van der Waals surface area contributed by atoms with Gasteiger partial charge in [0.15, 0.2) is 12.4 Å². The number of hydrogen-bond donors (Lipinski definition) is 1. The zero-order valence-electron chi connectivity index (χ0n) is 27.0. The minimum atomic E-state index is -1.02. The lowest BCUT2D eigenvalue weighted by Crippen LogP contribution is -2.54. The number of methoxy groups -OCH3 is 1. The van der Waals surface area contributed by atoms with Gasteiger partial charge in [0.2, 0.25) is 5.91 Å². The standard InChI is InChI=1S/C37H39N3O7/c1-23(2)32(37(45)47-22-30(41)25-12-7-5-8-13-25)38-34(42)29-16-11-21-39(29)35(43)24(3)31-33(26-14-9-6-10-15-26)40(36(31)44)27-17-19-28(46-4)20-18-27/h5-10,12-15,17-20,23,29,32-33H,11,16,21-22H2,1-4H3,(H,38,42)/b31-24+/t29-,32-,33?/m0/s1. The van der Waals surface area contributed by atoms with Crippen LogP contribution in [-0.2, 0) is 23.9 Å². The highest BCUT2D eigenvalue weighted by Crippen LogP contribution is 2.45. The van der Waals surface area contributed by atoms with E-state index in [1.54, 1.807) is 87.4 Å². The molecule has 3 atom stereocenters. The van der Waals surface area contributed by atoms with E-state index in [0.29, 0.717) is 42.0 Å². The molecular formula is C37H39N3O7. The number of anilines is 1. The Labute approximate surface area is 274 Å². The molecule has 0 spiro atoms. The first kappa shape index (κ1) is 33.1. The number of Topliss-reactive ketones (excluding diaryl/α,β-unsaturated/α-hetero) is 1. The monoisotopic (exact) mass is 637 g/mol. The van der Waals surface area contributed by atoms with Crippen molar-refractivity contribution in [1.82, 2.24) is 10.2 Å². The van der Waals surface area contributed by atoms with Gasteiger partial charge in [0.25, 0.3) is 11.8 Å². The Morgan fingerprint density at radius 3 is 2.17 bits per heavy atom. The van der Waals surface area contributed by atoms with Crippen LogP contribution in [0, 0.1) is 5.92 Å². The van der Waals surface area contributed by atoms with Crippen molar-refractivity contribution in [2.75, 3.05) is 25.2 Å². The van der Waals surface area contributed by atoms with E-state index in [0.717, 1.165) is 5.56 Å². The van der Waals surface area contributed by atoms with E-state index in [9.17, 15) is 24.0 Å². The average molecular weight is 638 g/mol. The average Bonchev–Trinajstić information content (AvgIpc) is 3.59. The Hall–Kier alpha value is -5.25. The van der Waals surface area contributed by atoms with E-state index in [1.165, 1.54) is 4.90 Å². The number of likely N-dealkylation sites (tertiary alicyclic amines) is 1. The van der Waals surface area contributed by atoms with Crippen LogP contribution < -0.4 is 15.0 Å². The molecule has 0 bridgehead atoms. The van der Waals surface area contributed by atoms with Crippen LogP contribution in [0.15, 0.2) is 96.1 Å². The van der Waals surface area contributed by atoms with Crippen LogP contribution in [0.5, 0.6) is 5.75 Å². The number of carbonyl (C=O) groups excluding carboxylic acids is 5. The largest absolute Gasteiger partial charge is 0.497 e. The van der Waals surface area contributed by atoms with Crippen molar-refractivity contribution < 1.29 is 33.4 Å². The lowest BCUT2D eigenvalue weighted by atomic mass is 9.84. The zero-order valence-corrected chi connectivity index (χ0v) is 27.0. The highest BCUT2D eigenvalue weighted by molar-refractivity contribution is 6.19. The summed E-state index contributed by atoms with van der Waals surface area (Å²) < 4.78 is 10.6. The molecule has 2 aliphatic heterocycles. The summed E-state index contributed by atoms with van der Waals surface area (Å²) in [6.45, 7) is 5.03. The lowest BCUT2D eigenvalue weighted by molar-refractivity contribution is -0.149. The summed E-state index contributed by atoms with van der Waals surface area (Å²) in [6.07, 6.45) is 0.990. The van der Waals surface area contributed by atoms with Crippen molar-refractivity contribution in [2.45, 2.75) is 51.7 Å². The normalized spacial score (nSPS) is 19.1. The number of esters is 1. The number of hydrogen-bond acceptors (Lipinski definition) is 7. The summed E-state index contributed by atoms with van der Waals surface area (Å²) in [5, 5.41) is 2.76. The number of ether oxygens (including phenoxy) is 2. The summed E-state index contributed by atoms with van der Waals surface area (Å²) in [5.74, 6) is -1.94. The van der Waals surface area contributed by atoms with Crippen LogP contribution >= 0.6 is 0 Å². The predicted molar refractivity (Wildman–Crippen MR) is 176 cm³/mol. The number of ketones is 1. The van der Waals surface area contributed by atoms with Gasteiger partial charge in [0, 0.05) is 23.4 Å². The van der Waals surface area contributed by atoms with Gasteiger partial charge in [-0.3, -0.25) is 24.1 Å². The van der Waals surface area contributed by atoms with Crippen LogP contribution in [0.1, 0.15) is 55.6 Å². The molecule has 1 unspecified atom stereocenters. The fraction of sp³-hybridized carbons (Fsp3) is 0.324. The molecule has 3 amide bonds. The summed E-state index contributed by atoms with van der Waals surface area (Å²) in [7, 11) is 1.57. The predicted octanol–water partition coefficient (Wildman–Crippen LogP) is 4.66. The Bertz CT molecular complexity index is 1670. The van der Waals surface area contributed by atoms with Crippen molar-refractivity contribution in [3.63, 3.8) is 0 Å². The maximum atomic E-state index is 14.0. The van der Waals surface area contributed by atoms with Crippen molar-refractivity contribution in [2.24, 2.45) is 5.92 Å². The fourth-order valence-corrected chi connectivity index (χ4v) is 6.05. The van der Waals surface area contributed by atoms with Crippen LogP contribution in [0.25, 0.3) is 0 Å². The molecule has 3 aromatic carbocycles. The molecule has 10 nitrogen and oxygen atoms in total. The molecule has 2 aliphatic rings. The smallest absolute Gasteiger partial charge is 0.329 e. The highest BCUT2D eigenvalue weighted by atomic mass is 16.5. The molecule has 0 radical (unpaired) electrons. The lowest BCUT2D eigenvalue weighted by Gasteiger charge is -2.44. The molecule has 2 heterocycles. The Morgan fingerprint density at radius 1 is 0.915 bits per heavy atom. The van der Waals surface area contributed by atoms with E-state index < -0.39 is 42.5 Å². The van der Waals surface area contributed by atoms with Gasteiger partial charge >= 0.3 is 5.97 Å². The molecular weight excluding hydrogens is 598 g/mol. The van der Waals surface area contributed by atoms with E-state index in [4.69, 9.17) is 9.47 Å². The van der Waals surface area contributed by atoms with E-state index in [1.807, 2.05) is 30.3 Å². The van der Waals surface area contributed by atoms with Gasteiger partial charge in [-0.05, 0) is 55.5 Å². The van der Waals surface area contributed by atoms with E-state index in [2.05, 4.69) is 5.32 Å². The minimum absolute atomic E-state index is 0.271. The third-order valence-electron chi connectivity index (χ3n) is 8.65. The number of amides is 3. The molecule has 0 aromatic heterocycles. The number of β-lactam (4-membered cyclic amide) rings is 1. The summed E-state index contributed by atoms with van der Waals surface area (Å²) in [5.41, 5.74) is 2.58. The van der Waals surface area contributed by atoms with Gasteiger partial charge in [-0.25, -0.2) is 4.79 Å². The third kappa shape index (κ3) is 6.96. The SMILES string of the molecule is COc1ccc(N2C(=O)/C(=C(\C)C(=O)N3CCC[C@H]3C(=O)N[C@H](C(=O)OCC(=O)c3ccccc3)C(C)C)C2c2ccccc2)cc1. The maximum Gasteiger partial charge on any atom is 0.329 e. The van der Waals surface area contributed by atoms with Crippen molar-refractivity contribution in [3.8, 4) is 5.75 Å². The maximum absolute atomic E-state index is 14.0. The summed E-state index contributed by atoms with van der Waals surface area (Å²) in [4.78, 5) is 69.8. The van der Waals surface area contributed by atoms with Crippen LogP contribution in [-0.4, -0.2) is 66.7 Å². The first-order chi connectivity index (χ1) is 22.6. The quantitative estimate of drug-likeness (QED) is 0.141. The first-order valence-electron chi connectivity index (χ1n) is 15.7. The second kappa shape index (κ2) is 14.5. The minimum Gasteiger partial charge on any atom is -0.497 e. The fourth-order valence-electron chi connectivity index (χ4n) is 6.05. The van der Waals surface area contributed by atoms with Gasteiger partial charge in [-0.15, -0.1) is 0 Å². The van der Waals surface area contributed by atoms with E-state index in [-0.39, 0.29) is 23.2 Å². The van der Waals surface area contributed by atoms with Crippen molar-refractivity contribution in [1.29, 1.82) is 0 Å². The van der Waals surface area contributed by atoms with Gasteiger partial charge in [-0.2, -0.15) is 0 Å². The Balaban J connectivity index is 1.32. The molecule has 3 aromatic rings. The number of carbonyl (C=O) groups is 5. The van der Waals surface area contributed by atoms with Crippen LogP contribution in [0.3, 0.4) is 0 Å². The molecule has 10 heteroatoms. The number of rotatable bonds is 11. The number of nitrogens with zero attached hydrogens (tertiary/aromatic N) is 2. The zero-order chi connectivity index (χ0) is 33.7. The molecule has 0 saturated carbocycles. The first-order valence-corrected chi connectivity index (χ1v) is 15.7. The van der Waals surface area contributed by atoms with Gasteiger partial charge in [0.1, 0.15) is 17.8 Å². The molecule has 1 N–H and O–H groups in total. The highest BCUT2D eigenvalue weighted by Gasteiger charge is 2.47. The molecule has 47 heavy (non-hydrogen) atoms. The summed E-state index contributed by atoms with van der Waals surface area (Å²) >= 11 is 0. The Morgan fingerprint density at radius 2 is 1.55 bits per heavy atom. The molecule has 0 aliphatic carbocycles.